The molecule has 1 aromatic carbocycles. The molecule has 1 aliphatic heterocycles. The predicted octanol–water partition coefficient (Wildman–Crippen LogP) is 0.863. The number of morpholine rings is 1. The molecule has 0 spiro atoms. The van der Waals surface area contributed by atoms with Crippen molar-refractivity contribution in [3.63, 3.8) is 0 Å². The number of rotatable bonds is 6. The van der Waals surface area contributed by atoms with Crippen molar-refractivity contribution in [3.05, 3.63) is 36.2 Å². The molecule has 140 valence electrons. The number of fused-ring (bicyclic) bond motifs is 1. The topological polar surface area (TPSA) is 122 Å². The maximum absolute atomic E-state index is 11.2. The van der Waals surface area contributed by atoms with Crippen LogP contribution in [0.2, 0.25) is 0 Å². The zero-order valence-electron chi connectivity index (χ0n) is 14.8. The second-order valence-electron chi connectivity index (χ2n) is 6.32. The normalized spacial score (nSPS) is 15.1. The van der Waals surface area contributed by atoms with Crippen LogP contribution in [0, 0.1) is 0 Å². The predicted molar refractivity (Wildman–Crippen MR) is 101 cm³/mol. The van der Waals surface area contributed by atoms with E-state index in [0.717, 1.165) is 50.5 Å². The zero-order chi connectivity index (χ0) is 18.6. The van der Waals surface area contributed by atoms with Crippen molar-refractivity contribution in [1.82, 2.24) is 24.8 Å². The summed E-state index contributed by atoms with van der Waals surface area (Å²) in [6.45, 7) is 5.12. The molecule has 3 aromatic rings. The first-order chi connectivity index (χ1) is 13.2. The van der Waals surface area contributed by atoms with Crippen LogP contribution in [0.15, 0.2) is 30.6 Å². The summed E-state index contributed by atoms with van der Waals surface area (Å²) < 4.78 is 5.37. The number of aromatic amines is 1. The van der Waals surface area contributed by atoms with Crippen LogP contribution in [0.3, 0.4) is 0 Å². The highest BCUT2D eigenvalue weighted by molar-refractivity contribution is 5.93. The fourth-order valence-electron chi connectivity index (χ4n) is 3.03. The summed E-state index contributed by atoms with van der Waals surface area (Å²) in [6, 6.07) is 6.90. The number of anilines is 1. The van der Waals surface area contributed by atoms with E-state index >= 15 is 0 Å². The Balaban J connectivity index is 1.54. The van der Waals surface area contributed by atoms with Gasteiger partial charge < -0.3 is 20.8 Å². The van der Waals surface area contributed by atoms with Gasteiger partial charge in [-0.05, 0) is 12.1 Å². The summed E-state index contributed by atoms with van der Waals surface area (Å²) in [4.78, 5) is 30.1. The molecule has 1 saturated heterocycles. The molecule has 1 amide bonds. The number of carbonyl (C=O) groups excluding carboxylic acids is 1. The third kappa shape index (κ3) is 3.88. The number of ether oxygens (including phenoxy) is 1. The third-order valence-electron chi connectivity index (χ3n) is 4.54. The van der Waals surface area contributed by atoms with Gasteiger partial charge in [0.15, 0.2) is 17.3 Å². The molecule has 1 aliphatic rings. The van der Waals surface area contributed by atoms with Gasteiger partial charge in [-0.2, -0.15) is 0 Å². The molecule has 1 fully saturated rings. The minimum atomic E-state index is -0.462. The van der Waals surface area contributed by atoms with Gasteiger partial charge in [-0.1, -0.05) is 12.1 Å². The van der Waals surface area contributed by atoms with Crippen molar-refractivity contribution >= 4 is 22.9 Å². The molecule has 0 aliphatic carbocycles. The Hall–Kier alpha value is -3.04. The van der Waals surface area contributed by atoms with Crippen molar-refractivity contribution in [3.8, 4) is 11.4 Å². The molecule has 4 N–H and O–H groups in total. The van der Waals surface area contributed by atoms with Crippen LogP contribution in [0.5, 0.6) is 0 Å². The number of hydrogen-bond acceptors (Lipinski definition) is 7. The Morgan fingerprint density at radius 1 is 1.22 bits per heavy atom. The lowest BCUT2D eigenvalue weighted by molar-refractivity contribution is 0.0398. The minimum absolute atomic E-state index is 0.448. The first-order valence-electron chi connectivity index (χ1n) is 8.86. The van der Waals surface area contributed by atoms with Gasteiger partial charge in [0.1, 0.15) is 5.52 Å². The second-order valence-corrected chi connectivity index (χ2v) is 6.32. The van der Waals surface area contributed by atoms with E-state index < -0.39 is 5.91 Å². The van der Waals surface area contributed by atoms with Gasteiger partial charge >= 0.3 is 0 Å². The Morgan fingerprint density at radius 2 is 2.00 bits per heavy atom. The fourth-order valence-corrected chi connectivity index (χ4v) is 3.03. The number of hydrogen-bond donors (Lipinski definition) is 3. The van der Waals surface area contributed by atoms with Crippen molar-refractivity contribution < 1.29 is 9.53 Å². The highest BCUT2D eigenvalue weighted by atomic mass is 16.5. The zero-order valence-corrected chi connectivity index (χ0v) is 14.8. The van der Waals surface area contributed by atoms with Crippen molar-refractivity contribution in [2.24, 2.45) is 5.73 Å². The highest BCUT2D eigenvalue weighted by Crippen LogP contribution is 2.23. The molecule has 9 nitrogen and oxygen atoms in total. The summed E-state index contributed by atoms with van der Waals surface area (Å²) in [5, 5.41) is 3.38. The summed E-state index contributed by atoms with van der Waals surface area (Å²) in [5.74, 6) is 0.787. The van der Waals surface area contributed by atoms with Crippen molar-refractivity contribution in [2.45, 2.75) is 0 Å². The summed E-state index contributed by atoms with van der Waals surface area (Å²) in [5.41, 5.74) is 7.90. The van der Waals surface area contributed by atoms with E-state index in [9.17, 15) is 4.79 Å². The van der Waals surface area contributed by atoms with E-state index in [-0.39, 0.29) is 0 Å². The number of primary amides is 1. The summed E-state index contributed by atoms with van der Waals surface area (Å²) in [7, 11) is 0. The second kappa shape index (κ2) is 7.68. The number of aromatic nitrogens is 4. The Bertz CT molecular complexity index is 933. The molecule has 0 bridgehead atoms. The lowest BCUT2D eigenvalue weighted by Crippen LogP contribution is -2.39. The van der Waals surface area contributed by atoms with Gasteiger partial charge in [0.2, 0.25) is 5.91 Å². The largest absolute Gasteiger partial charge is 0.379 e. The summed E-state index contributed by atoms with van der Waals surface area (Å²) in [6.07, 6.45) is 1.60. The van der Waals surface area contributed by atoms with E-state index in [0.29, 0.717) is 22.9 Å². The number of nitrogens with one attached hydrogen (secondary N) is 2. The molecular weight excluding hydrogens is 346 g/mol. The monoisotopic (exact) mass is 367 g/mol. The maximum Gasteiger partial charge on any atom is 0.248 e. The lowest BCUT2D eigenvalue weighted by atomic mass is 10.1. The smallest absolute Gasteiger partial charge is 0.248 e. The van der Waals surface area contributed by atoms with Crippen LogP contribution >= 0.6 is 0 Å². The molecular formula is C18H21N7O2. The average molecular weight is 367 g/mol. The van der Waals surface area contributed by atoms with E-state index in [4.69, 9.17) is 10.5 Å². The van der Waals surface area contributed by atoms with Gasteiger partial charge in [0, 0.05) is 37.3 Å². The number of nitrogens with two attached hydrogens (primary N) is 1. The molecule has 3 heterocycles. The average Bonchev–Trinajstić information content (AvgIpc) is 3.18. The number of nitrogens with zero attached hydrogens (tertiary/aromatic N) is 4. The molecule has 9 heteroatoms. The SMILES string of the molecule is NC(=O)c1ccc(-c2nc(NCCN3CCOCC3)c3[nH]cnc3n2)cc1. The molecule has 0 radical (unpaired) electrons. The van der Waals surface area contributed by atoms with Crippen LogP contribution in [0.25, 0.3) is 22.6 Å². The number of carbonyl (C=O) groups is 1. The number of amides is 1. The van der Waals surface area contributed by atoms with Gasteiger partial charge in [-0.3, -0.25) is 9.69 Å². The Labute approximate surface area is 156 Å². The third-order valence-corrected chi connectivity index (χ3v) is 4.54. The minimum Gasteiger partial charge on any atom is -0.379 e. The number of imidazole rings is 1. The van der Waals surface area contributed by atoms with Gasteiger partial charge in [0.05, 0.1) is 19.5 Å². The van der Waals surface area contributed by atoms with Crippen LogP contribution in [-0.4, -0.2) is 70.1 Å². The van der Waals surface area contributed by atoms with E-state index in [1.807, 2.05) is 0 Å². The quantitative estimate of drug-likeness (QED) is 0.591. The van der Waals surface area contributed by atoms with Crippen molar-refractivity contribution in [2.75, 3.05) is 44.7 Å². The van der Waals surface area contributed by atoms with Crippen molar-refractivity contribution in [1.29, 1.82) is 0 Å². The molecule has 0 atom stereocenters. The molecule has 4 rings (SSSR count). The number of benzene rings is 1. The number of H-pyrrole nitrogens is 1. The van der Waals surface area contributed by atoms with Crippen LogP contribution in [-0.2, 0) is 4.74 Å². The van der Waals surface area contributed by atoms with E-state index in [1.54, 1.807) is 30.6 Å². The molecule has 2 aromatic heterocycles. The molecule has 0 saturated carbocycles. The summed E-state index contributed by atoms with van der Waals surface area (Å²) >= 11 is 0. The standard InChI is InChI=1S/C18H21N7O2/c19-15(26)12-1-3-13(4-2-12)16-23-17(14-18(24-16)22-11-21-14)20-5-6-25-7-9-27-10-8-25/h1-4,11H,5-10H2,(H2,19,26)(H2,20,21,22,23,24). The van der Waals surface area contributed by atoms with Crippen LogP contribution in [0.4, 0.5) is 5.82 Å². The van der Waals surface area contributed by atoms with Gasteiger partial charge in [-0.15, -0.1) is 0 Å². The molecule has 0 unspecified atom stereocenters. The highest BCUT2D eigenvalue weighted by Gasteiger charge is 2.13. The van der Waals surface area contributed by atoms with Crippen LogP contribution in [0.1, 0.15) is 10.4 Å². The van der Waals surface area contributed by atoms with Gasteiger partial charge in [-0.25, -0.2) is 15.0 Å². The maximum atomic E-state index is 11.2. The first-order valence-corrected chi connectivity index (χ1v) is 8.86. The van der Waals surface area contributed by atoms with E-state index in [1.165, 1.54) is 0 Å². The Kier molecular flexibility index (Phi) is 4.95. The lowest BCUT2D eigenvalue weighted by Gasteiger charge is -2.26. The van der Waals surface area contributed by atoms with Crippen LogP contribution < -0.4 is 11.1 Å². The van der Waals surface area contributed by atoms with E-state index in [2.05, 4.69) is 30.2 Å². The fraction of sp³-hybridized carbons (Fsp3) is 0.333. The Morgan fingerprint density at radius 3 is 2.74 bits per heavy atom. The molecule has 27 heavy (non-hydrogen) atoms. The first kappa shape index (κ1) is 17.4. The van der Waals surface area contributed by atoms with Gasteiger partial charge in [0.25, 0.3) is 0 Å².